The first-order valence-electron chi connectivity index (χ1n) is 5.53. The lowest BCUT2D eigenvalue weighted by molar-refractivity contribution is -0.119. The van der Waals surface area contributed by atoms with Crippen LogP contribution in [0.5, 0.6) is 0 Å². The molecule has 1 aromatic carbocycles. The summed E-state index contributed by atoms with van der Waals surface area (Å²) in [6, 6.07) is 3.99. The van der Waals surface area contributed by atoms with Gasteiger partial charge < -0.3 is 21.1 Å². The van der Waals surface area contributed by atoms with Crippen molar-refractivity contribution < 1.29 is 19.5 Å². The van der Waals surface area contributed by atoms with Crippen LogP contribution in [0.3, 0.4) is 0 Å². The number of aryl methyl sites for hydroxylation is 1. The van der Waals surface area contributed by atoms with E-state index in [0.717, 1.165) is 5.56 Å². The molecule has 0 aliphatic rings. The number of carboxylic acids is 1. The Kier molecular flexibility index (Phi) is 4.87. The third kappa shape index (κ3) is 4.30. The molecule has 102 valence electrons. The van der Waals surface area contributed by atoms with Crippen molar-refractivity contribution in [3.8, 4) is 0 Å². The van der Waals surface area contributed by atoms with Crippen molar-refractivity contribution in [2.45, 2.75) is 6.92 Å². The van der Waals surface area contributed by atoms with Gasteiger partial charge in [0.1, 0.15) is 0 Å². The lowest BCUT2D eigenvalue weighted by atomic mass is 10.1. The molecule has 0 aliphatic carbocycles. The maximum Gasteiger partial charge on any atom is 0.337 e. The van der Waals surface area contributed by atoms with Crippen molar-refractivity contribution in [3.63, 3.8) is 0 Å². The van der Waals surface area contributed by atoms with Crippen LogP contribution in [0.1, 0.15) is 15.9 Å². The molecule has 7 nitrogen and oxygen atoms in total. The van der Waals surface area contributed by atoms with Crippen molar-refractivity contribution in [1.82, 2.24) is 10.6 Å². The summed E-state index contributed by atoms with van der Waals surface area (Å²) in [6.07, 6.45) is 0. The highest BCUT2D eigenvalue weighted by Crippen LogP contribution is 2.17. The van der Waals surface area contributed by atoms with Gasteiger partial charge in [0.15, 0.2) is 0 Å². The third-order valence-electron chi connectivity index (χ3n) is 2.34. The van der Waals surface area contributed by atoms with Gasteiger partial charge in [0, 0.05) is 7.05 Å². The fourth-order valence-electron chi connectivity index (χ4n) is 1.36. The second-order valence-corrected chi connectivity index (χ2v) is 3.84. The van der Waals surface area contributed by atoms with E-state index in [2.05, 4.69) is 16.0 Å². The van der Waals surface area contributed by atoms with E-state index in [0.29, 0.717) is 0 Å². The maximum atomic E-state index is 11.5. The molecule has 7 heteroatoms. The second-order valence-electron chi connectivity index (χ2n) is 3.84. The molecule has 3 amide bonds. The zero-order valence-corrected chi connectivity index (χ0v) is 10.6. The molecule has 4 N–H and O–H groups in total. The van der Waals surface area contributed by atoms with E-state index in [-0.39, 0.29) is 23.7 Å². The smallest absolute Gasteiger partial charge is 0.337 e. The molecule has 0 fully saturated rings. The Bertz CT molecular complexity index is 514. The zero-order chi connectivity index (χ0) is 14.4. The lowest BCUT2D eigenvalue weighted by Gasteiger charge is -2.10. The summed E-state index contributed by atoms with van der Waals surface area (Å²) < 4.78 is 0. The molecule has 0 spiro atoms. The van der Waals surface area contributed by atoms with Crippen molar-refractivity contribution in [1.29, 1.82) is 0 Å². The normalized spacial score (nSPS) is 9.58. The minimum Gasteiger partial charge on any atom is -0.478 e. The number of rotatable bonds is 4. The summed E-state index contributed by atoms with van der Waals surface area (Å²) in [4.78, 5) is 33.5. The average Bonchev–Trinajstić information content (AvgIpc) is 2.37. The van der Waals surface area contributed by atoms with Crippen molar-refractivity contribution in [2.24, 2.45) is 0 Å². The standard InChI is InChI=1S/C12H15N3O4/c1-7-3-4-9(8(5-7)11(17)18)15-12(19)14-6-10(16)13-2/h3-5H,6H2,1-2H3,(H,13,16)(H,17,18)(H2,14,15,19). The van der Waals surface area contributed by atoms with E-state index in [4.69, 9.17) is 5.11 Å². The predicted molar refractivity (Wildman–Crippen MR) is 69.2 cm³/mol. The molecule has 0 bridgehead atoms. The van der Waals surface area contributed by atoms with Crippen molar-refractivity contribution in [3.05, 3.63) is 29.3 Å². The van der Waals surface area contributed by atoms with Crippen LogP contribution in [0.15, 0.2) is 18.2 Å². The molecule has 0 saturated heterocycles. The minimum absolute atomic E-state index is 0.00454. The first-order valence-corrected chi connectivity index (χ1v) is 5.53. The molecule has 0 heterocycles. The Hall–Kier alpha value is -2.57. The molecule has 0 unspecified atom stereocenters. The van der Waals surface area contributed by atoms with Crippen LogP contribution in [0.25, 0.3) is 0 Å². The molecule has 0 aromatic heterocycles. The Balaban J connectivity index is 2.74. The number of carbonyl (C=O) groups excluding carboxylic acids is 2. The van der Waals surface area contributed by atoms with Crippen LogP contribution in [0.4, 0.5) is 10.5 Å². The fourth-order valence-corrected chi connectivity index (χ4v) is 1.36. The lowest BCUT2D eigenvalue weighted by Crippen LogP contribution is -2.37. The van der Waals surface area contributed by atoms with E-state index in [1.807, 2.05) is 0 Å². The topological polar surface area (TPSA) is 108 Å². The summed E-state index contributed by atoms with van der Waals surface area (Å²) in [7, 11) is 1.45. The fraction of sp³-hybridized carbons (Fsp3) is 0.250. The number of nitrogens with one attached hydrogen (secondary N) is 3. The van der Waals surface area contributed by atoms with E-state index in [1.54, 1.807) is 13.0 Å². The van der Waals surface area contributed by atoms with Gasteiger partial charge in [0.05, 0.1) is 17.8 Å². The van der Waals surface area contributed by atoms with Gasteiger partial charge in [-0.15, -0.1) is 0 Å². The number of benzene rings is 1. The van der Waals surface area contributed by atoms with Crippen molar-refractivity contribution >= 4 is 23.6 Å². The molecule has 0 atom stereocenters. The molecule has 1 aromatic rings. The van der Waals surface area contributed by atoms with Crippen LogP contribution in [-0.2, 0) is 4.79 Å². The first-order chi connectivity index (χ1) is 8.93. The number of likely N-dealkylation sites (N-methyl/N-ethyl adjacent to an activating group) is 1. The van der Waals surface area contributed by atoms with Gasteiger partial charge in [-0.3, -0.25) is 4.79 Å². The molecule has 1 rings (SSSR count). The highest BCUT2D eigenvalue weighted by molar-refractivity contribution is 6.00. The van der Waals surface area contributed by atoms with Crippen LogP contribution in [0, 0.1) is 6.92 Å². The monoisotopic (exact) mass is 265 g/mol. The van der Waals surface area contributed by atoms with Gasteiger partial charge in [-0.2, -0.15) is 0 Å². The largest absolute Gasteiger partial charge is 0.478 e. The number of anilines is 1. The number of amides is 3. The van der Waals surface area contributed by atoms with E-state index in [1.165, 1.54) is 19.2 Å². The molecule has 0 saturated carbocycles. The summed E-state index contributed by atoms with van der Waals surface area (Å²) >= 11 is 0. The number of hydrogen-bond donors (Lipinski definition) is 4. The Morgan fingerprint density at radius 3 is 2.53 bits per heavy atom. The predicted octanol–water partition coefficient (Wildman–Crippen LogP) is 0.561. The van der Waals surface area contributed by atoms with E-state index >= 15 is 0 Å². The third-order valence-corrected chi connectivity index (χ3v) is 2.34. The Morgan fingerprint density at radius 1 is 1.26 bits per heavy atom. The summed E-state index contributed by atoms with van der Waals surface area (Å²) in [5.74, 6) is -1.48. The van der Waals surface area contributed by atoms with Crippen LogP contribution >= 0.6 is 0 Å². The van der Waals surface area contributed by atoms with Gasteiger partial charge in [0.25, 0.3) is 0 Å². The molecular weight excluding hydrogens is 250 g/mol. The summed E-state index contributed by atoms with van der Waals surface area (Å²) in [5, 5.41) is 16.1. The molecular formula is C12H15N3O4. The van der Waals surface area contributed by atoms with Crippen molar-refractivity contribution in [2.75, 3.05) is 18.9 Å². The number of aromatic carboxylic acids is 1. The SMILES string of the molecule is CNC(=O)CNC(=O)Nc1ccc(C)cc1C(=O)O. The van der Waals surface area contributed by atoms with Crippen LogP contribution < -0.4 is 16.0 Å². The minimum atomic E-state index is -1.13. The number of hydrogen-bond acceptors (Lipinski definition) is 3. The quantitative estimate of drug-likeness (QED) is 0.638. The van der Waals surface area contributed by atoms with Crippen LogP contribution in [-0.4, -0.2) is 36.6 Å². The Morgan fingerprint density at radius 2 is 1.95 bits per heavy atom. The summed E-state index contributed by atoms with van der Waals surface area (Å²) in [6.45, 7) is 1.57. The summed E-state index contributed by atoms with van der Waals surface area (Å²) in [5.41, 5.74) is 0.941. The average molecular weight is 265 g/mol. The second kappa shape index (κ2) is 6.39. The van der Waals surface area contributed by atoms with Gasteiger partial charge in [0.2, 0.25) is 5.91 Å². The van der Waals surface area contributed by atoms with Gasteiger partial charge in [-0.1, -0.05) is 11.6 Å². The molecule has 0 radical (unpaired) electrons. The van der Waals surface area contributed by atoms with E-state index in [9.17, 15) is 14.4 Å². The number of carboxylic acid groups (broad SMARTS) is 1. The molecule has 19 heavy (non-hydrogen) atoms. The van der Waals surface area contributed by atoms with Crippen LogP contribution in [0.2, 0.25) is 0 Å². The van der Waals surface area contributed by atoms with Gasteiger partial charge >= 0.3 is 12.0 Å². The number of carbonyl (C=O) groups is 3. The first kappa shape index (κ1) is 14.5. The van der Waals surface area contributed by atoms with Gasteiger partial charge in [-0.25, -0.2) is 9.59 Å². The molecule has 0 aliphatic heterocycles. The highest BCUT2D eigenvalue weighted by atomic mass is 16.4. The zero-order valence-electron chi connectivity index (χ0n) is 10.6. The Labute approximate surface area is 110 Å². The highest BCUT2D eigenvalue weighted by Gasteiger charge is 2.12. The van der Waals surface area contributed by atoms with Gasteiger partial charge in [-0.05, 0) is 19.1 Å². The van der Waals surface area contributed by atoms with E-state index < -0.39 is 12.0 Å². The number of urea groups is 1. The maximum absolute atomic E-state index is 11.5.